The molecule has 21 heavy (non-hydrogen) atoms. The second-order valence-electron chi connectivity index (χ2n) is 7.54. The maximum absolute atomic E-state index is 6.51. The molecule has 0 fully saturated rings. The number of hydrogen-bond donors (Lipinski definition) is 0. The number of halogens is 1. The van der Waals surface area contributed by atoms with Crippen LogP contribution in [0.25, 0.3) is 0 Å². The minimum Gasteiger partial charge on any atom is -0.547 e. The van der Waals surface area contributed by atoms with Crippen molar-refractivity contribution in [2.45, 2.75) is 52.2 Å². The van der Waals surface area contributed by atoms with Gasteiger partial charge in [-0.25, -0.2) is 0 Å². The molecule has 0 unspecified atom stereocenters. The fourth-order valence-electron chi connectivity index (χ4n) is 3.29. The first kappa shape index (κ1) is 16.6. The lowest BCUT2D eigenvalue weighted by Crippen LogP contribution is -2.41. The van der Waals surface area contributed by atoms with Crippen molar-refractivity contribution in [3.05, 3.63) is 46.7 Å². The zero-order chi connectivity index (χ0) is 15.8. The lowest BCUT2D eigenvalue weighted by molar-refractivity contribution is 0.206. The topological polar surface area (TPSA) is 9.23 Å². The Kier molecular flexibility index (Phi) is 4.60. The van der Waals surface area contributed by atoms with Crippen LogP contribution in [0.3, 0.4) is 0 Å². The lowest BCUT2D eigenvalue weighted by atomic mass is 9.65. The van der Waals surface area contributed by atoms with Gasteiger partial charge >= 0.3 is 0 Å². The molecule has 0 heterocycles. The van der Waals surface area contributed by atoms with Crippen molar-refractivity contribution in [2.75, 3.05) is 0 Å². The van der Waals surface area contributed by atoms with Crippen LogP contribution in [-0.2, 0) is 9.84 Å². The minimum atomic E-state index is -1.65. The number of benzene rings is 1. The molecule has 0 bridgehead atoms. The smallest absolute Gasteiger partial charge is 0.241 e. The second-order valence-corrected chi connectivity index (χ2v) is 12.4. The van der Waals surface area contributed by atoms with Crippen LogP contribution < -0.4 is 0 Å². The van der Waals surface area contributed by atoms with Crippen molar-refractivity contribution in [1.29, 1.82) is 0 Å². The molecule has 1 aliphatic carbocycles. The van der Waals surface area contributed by atoms with Crippen LogP contribution >= 0.6 is 11.6 Å². The molecular formula is C18H27ClOSi. The Bertz CT molecular complexity index is 546. The van der Waals surface area contributed by atoms with Gasteiger partial charge in [-0.3, -0.25) is 0 Å². The first-order valence-electron chi connectivity index (χ1n) is 7.81. The third-order valence-corrected chi connectivity index (χ3v) is 5.67. The summed E-state index contributed by atoms with van der Waals surface area (Å²) in [7, 11) is -1.65. The molecule has 116 valence electrons. The first-order chi connectivity index (χ1) is 9.64. The van der Waals surface area contributed by atoms with E-state index >= 15 is 0 Å². The highest BCUT2D eigenvalue weighted by atomic mass is 35.5. The molecule has 0 N–H and O–H groups in total. The van der Waals surface area contributed by atoms with Crippen LogP contribution in [0.15, 0.2) is 36.1 Å². The molecule has 2 rings (SSSR count). The van der Waals surface area contributed by atoms with Gasteiger partial charge in [-0.2, -0.15) is 0 Å². The Hall–Kier alpha value is -0.733. The molecule has 1 nitrogen and oxygen atoms in total. The molecule has 0 aromatic heterocycles. The zero-order valence-electron chi connectivity index (χ0n) is 14.0. The molecule has 3 atom stereocenters. The average molecular weight is 323 g/mol. The van der Waals surface area contributed by atoms with Gasteiger partial charge in [-0.05, 0) is 62.5 Å². The van der Waals surface area contributed by atoms with Crippen molar-refractivity contribution in [3.63, 3.8) is 0 Å². The van der Waals surface area contributed by atoms with E-state index in [0.29, 0.717) is 11.8 Å². The molecule has 0 radical (unpaired) electrons. The van der Waals surface area contributed by atoms with E-state index in [1.165, 1.54) is 12.0 Å². The quantitative estimate of drug-likeness (QED) is 0.619. The van der Waals surface area contributed by atoms with Crippen molar-refractivity contribution >= 4 is 19.9 Å². The fourth-order valence-corrected chi connectivity index (χ4v) is 4.56. The van der Waals surface area contributed by atoms with Gasteiger partial charge < -0.3 is 4.43 Å². The summed E-state index contributed by atoms with van der Waals surface area (Å²) in [5, 5.41) is 0.839. The van der Waals surface area contributed by atoms with Gasteiger partial charge in [0.05, 0.1) is 11.2 Å². The van der Waals surface area contributed by atoms with Gasteiger partial charge in [0.2, 0.25) is 8.32 Å². The molecule has 0 saturated carbocycles. The zero-order valence-corrected chi connectivity index (χ0v) is 15.8. The van der Waals surface area contributed by atoms with Crippen LogP contribution in [0.4, 0.5) is 0 Å². The highest BCUT2D eigenvalue weighted by molar-refractivity contribution is 6.70. The van der Waals surface area contributed by atoms with E-state index in [0.717, 1.165) is 10.8 Å². The molecule has 1 aromatic rings. The molecule has 3 heteroatoms. The van der Waals surface area contributed by atoms with E-state index in [1.807, 2.05) is 12.1 Å². The van der Waals surface area contributed by atoms with E-state index in [4.69, 9.17) is 16.0 Å². The van der Waals surface area contributed by atoms with Crippen LogP contribution in [-0.4, -0.2) is 8.32 Å². The minimum absolute atomic E-state index is 0.134. The largest absolute Gasteiger partial charge is 0.547 e. The molecule has 1 aromatic carbocycles. The van der Waals surface area contributed by atoms with Gasteiger partial charge in [0.1, 0.15) is 0 Å². The standard InChI is InChI=1S/C18H27ClOSi/c1-13-11-14(2)18(3,15-9-7-8-10-16(15)19)17(12-13)20-21(4,5)6/h7-10,12-14H,11H2,1-6H3/t13-,14+,18-/m0/s1. The van der Waals surface area contributed by atoms with Crippen molar-refractivity contribution < 1.29 is 4.43 Å². The second kappa shape index (κ2) is 5.81. The molecule has 0 spiro atoms. The van der Waals surface area contributed by atoms with E-state index < -0.39 is 8.32 Å². The normalized spacial score (nSPS) is 30.0. The summed E-state index contributed by atoms with van der Waals surface area (Å²) < 4.78 is 6.49. The van der Waals surface area contributed by atoms with Crippen LogP contribution in [0.1, 0.15) is 32.8 Å². The van der Waals surface area contributed by atoms with Crippen molar-refractivity contribution in [1.82, 2.24) is 0 Å². The van der Waals surface area contributed by atoms with Crippen LogP contribution in [0.2, 0.25) is 24.7 Å². The van der Waals surface area contributed by atoms with Gasteiger partial charge in [0, 0.05) is 5.02 Å². The predicted molar refractivity (Wildman–Crippen MR) is 94.3 cm³/mol. The number of rotatable bonds is 3. The average Bonchev–Trinajstić information content (AvgIpc) is 2.34. The monoisotopic (exact) mass is 322 g/mol. The molecule has 0 amide bonds. The number of hydrogen-bond acceptors (Lipinski definition) is 1. The third-order valence-electron chi connectivity index (χ3n) is 4.51. The third kappa shape index (κ3) is 3.37. The van der Waals surface area contributed by atoms with Gasteiger partial charge in [-0.15, -0.1) is 0 Å². The fraction of sp³-hybridized carbons (Fsp3) is 0.556. The Morgan fingerprint density at radius 3 is 2.38 bits per heavy atom. The van der Waals surface area contributed by atoms with Gasteiger partial charge in [0.15, 0.2) is 0 Å². The lowest BCUT2D eigenvalue weighted by Gasteiger charge is -2.45. The summed E-state index contributed by atoms with van der Waals surface area (Å²) >= 11 is 6.51. The summed E-state index contributed by atoms with van der Waals surface area (Å²) in [6, 6.07) is 8.20. The highest BCUT2D eigenvalue weighted by Gasteiger charge is 2.44. The Morgan fingerprint density at radius 1 is 1.19 bits per heavy atom. The van der Waals surface area contributed by atoms with E-state index in [-0.39, 0.29) is 5.41 Å². The predicted octanol–water partition coefficient (Wildman–Crippen LogP) is 6.01. The molecule has 0 saturated heterocycles. The molecular weight excluding hydrogens is 296 g/mol. The number of allylic oxidation sites excluding steroid dienone is 2. The highest BCUT2D eigenvalue weighted by Crippen LogP contribution is 2.49. The van der Waals surface area contributed by atoms with Gasteiger partial charge in [-0.1, -0.05) is 43.6 Å². The molecule has 1 aliphatic rings. The maximum atomic E-state index is 6.51. The van der Waals surface area contributed by atoms with Crippen LogP contribution in [0, 0.1) is 11.8 Å². The summed E-state index contributed by atoms with van der Waals surface area (Å²) in [5.74, 6) is 2.19. The maximum Gasteiger partial charge on any atom is 0.241 e. The molecule has 0 aliphatic heterocycles. The summed E-state index contributed by atoms with van der Waals surface area (Å²) in [6.07, 6.45) is 3.49. The Balaban J connectivity index is 2.55. The van der Waals surface area contributed by atoms with Crippen LogP contribution in [0.5, 0.6) is 0 Å². The van der Waals surface area contributed by atoms with E-state index in [1.54, 1.807) is 0 Å². The summed E-state index contributed by atoms with van der Waals surface area (Å²) in [4.78, 5) is 0. The van der Waals surface area contributed by atoms with Crippen molar-refractivity contribution in [3.8, 4) is 0 Å². The Labute approximate surface area is 135 Å². The summed E-state index contributed by atoms with van der Waals surface area (Å²) in [5.41, 5.74) is 1.06. The SMILES string of the molecule is C[C@@H]1C=C(O[Si](C)(C)C)[C@](C)(c2ccccc2Cl)[C@H](C)C1. The Morgan fingerprint density at radius 2 is 1.81 bits per heavy atom. The first-order valence-corrected chi connectivity index (χ1v) is 11.6. The van der Waals surface area contributed by atoms with Gasteiger partial charge in [0.25, 0.3) is 0 Å². The van der Waals surface area contributed by atoms with Crippen molar-refractivity contribution in [2.24, 2.45) is 11.8 Å². The van der Waals surface area contributed by atoms with E-state index in [9.17, 15) is 0 Å². The van der Waals surface area contributed by atoms with E-state index in [2.05, 4.69) is 58.6 Å². The summed E-state index contributed by atoms with van der Waals surface area (Å²) in [6.45, 7) is 13.6.